The molecule has 3 rings (SSSR count). The lowest BCUT2D eigenvalue weighted by Gasteiger charge is -2.11. The molecule has 18 heavy (non-hydrogen) atoms. The Labute approximate surface area is 105 Å². The number of rotatable bonds is 3. The number of para-hydroxylation sites is 3. The minimum atomic E-state index is 0.807. The summed E-state index contributed by atoms with van der Waals surface area (Å²) in [6, 6.07) is 17.6. The van der Waals surface area contributed by atoms with Crippen LogP contribution in [0.4, 0.5) is 0 Å². The molecule has 3 heteroatoms. The van der Waals surface area contributed by atoms with Crippen molar-refractivity contribution in [3.05, 3.63) is 73.3 Å². The molecule has 0 saturated carbocycles. The summed E-state index contributed by atoms with van der Waals surface area (Å²) in [5, 5.41) is 0. The lowest BCUT2D eigenvalue weighted by atomic mass is 10.3. The molecule has 0 aliphatic heterocycles. The van der Waals surface area contributed by atoms with Gasteiger partial charge in [0.2, 0.25) is 0 Å². The van der Waals surface area contributed by atoms with Gasteiger partial charge < -0.3 is 9.30 Å². The summed E-state index contributed by atoms with van der Waals surface area (Å²) in [6.07, 6.45) is 5.40. The number of nitrogens with zero attached hydrogens (tertiary/aromatic N) is 2. The first-order valence-electron chi connectivity index (χ1n) is 5.74. The highest BCUT2D eigenvalue weighted by Gasteiger charge is 2.05. The highest BCUT2D eigenvalue weighted by molar-refractivity contribution is 5.48. The van der Waals surface area contributed by atoms with Crippen LogP contribution in [0.15, 0.2) is 73.3 Å². The van der Waals surface area contributed by atoms with Crippen LogP contribution in [0.1, 0.15) is 0 Å². The van der Waals surface area contributed by atoms with E-state index in [0.29, 0.717) is 0 Å². The molecular weight excluding hydrogens is 224 g/mol. The molecule has 0 fully saturated rings. The molecule has 0 spiro atoms. The summed E-state index contributed by atoms with van der Waals surface area (Å²) in [7, 11) is 0. The van der Waals surface area contributed by atoms with E-state index in [2.05, 4.69) is 4.98 Å². The molecule has 0 saturated heterocycles. The first-order chi connectivity index (χ1) is 8.93. The predicted octanol–water partition coefficient (Wildman–Crippen LogP) is 3.66. The summed E-state index contributed by atoms with van der Waals surface area (Å²) in [4.78, 5) is 4.05. The van der Waals surface area contributed by atoms with E-state index in [0.717, 1.165) is 17.2 Å². The average molecular weight is 236 g/mol. The lowest BCUT2D eigenvalue weighted by Crippen LogP contribution is -1.94. The second kappa shape index (κ2) is 4.75. The summed E-state index contributed by atoms with van der Waals surface area (Å²) >= 11 is 0. The van der Waals surface area contributed by atoms with Gasteiger partial charge >= 0.3 is 0 Å². The lowest BCUT2D eigenvalue weighted by molar-refractivity contribution is 0.480. The maximum absolute atomic E-state index is 5.88. The summed E-state index contributed by atoms with van der Waals surface area (Å²) in [5.41, 5.74) is 0.971. The van der Waals surface area contributed by atoms with E-state index in [1.54, 1.807) is 12.5 Å². The fourth-order valence-electron chi connectivity index (χ4n) is 1.77. The number of benzene rings is 2. The molecule has 2 aromatic carbocycles. The molecule has 1 heterocycles. The van der Waals surface area contributed by atoms with Crippen LogP contribution < -0.4 is 4.74 Å². The Morgan fingerprint density at radius 3 is 2.44 bits per heavy atom. The second-order valence-corrected chi connectivity index (χ2v) is 3.85. The van der Waals surface area contributed by atoms with E-state index in [4.69, 9.17) is 4.74 Å². The van der Waals surface area contributed by atoms with E-state index >= 15 is 0 Å². The van der Waals surface area contributed by atoms with Crippen LogP contribution in [-0.2, 0) is 0 Å². The molecule has 0 aliphatic carbocycles. The highest BCUT2D eigenvalue weighted by atomic mass is 16.5. The number of hydrogen-bond acceptors (Lipinski definition) is 2. The molecular formula is C15H12N2O. The molecule has 0 aliphatic rings. The zero-order chi connectivity index (χ0) is 12.2. The van der Waals surface area contributed by atoms with Crippen molar-refractivity contribution in [1.29, 1.82) is 0 Å². The highest BCUT2D eigenvalue weighted by Crippen LogP contribution is 2.27. The number of imidazole rings is 1. The Bertz CT molecular complexity index is 618. The van der Waals surface area contributed by atoms with Gasteiger partial charge in [0.25, 0.3) is 0 Å². The van der Waals surface area contributed by atoms with Crippen molar-refractivity contribution in [2.45, 2.75) is 0 Å². The van der Waals surface area contributed by atoms with Gasteiger partial charge in [0.1, 0.15) is 5.75 Å². The maximum atomic E-state index is 5.88. The zero-order valence-corrected chi connectivity index (χ0v) is 9.73. The van der Waals surface area contributed by atoms with E-state index < -0.39 is 0 Å². The Morgan fingerprint density at radius 2 is 1.67 bits per heavy atom. The third-order valence-corrected chi connectivity index (χ3v) is 2.62. The van der Waals surface area contributed by atoms with Crippen LogP contribution in [0, 0.1) is 0 Å². The van der Waals surface area contributed by atoms with Crippen molar-refractivity contribution < 1.29 is 4.74 Å². The number of ether oxygens (including phenoxy) is 1. The van der Waals surface area contributed by atoms with E-state index in [1.165, 1.54) is 0 Å². The fraction of sp³-hybridized carbons (Fsp3) is 0. The first-order valence-corrected chi connectivity index (χ1v) is 5.74. The molecule has 0 radical (unpaired) electrons. The Hall–Kier alpha value is -2.55. The molecule has 0 bridgehead atoms. The van der Waals surface area contributed by atoms with E-state index in [9.17, 15) is 0 Å². The Morgan fingerprint density at radius 1 is 0.889 bits per heavy atom. The molecule has 0 N–H and O–H groups in total. The summed E-state index contributed by atoms with van der Waals surface area (Å²) in [6.45, 7) is 0. The molecule has 0 unspecified atom stereocenters. The Balaban J connectivity index is 1.98. The number of aromatic nitrogens is 2. The SMILES string of the molecule is c1ccc(Oc2ccccc2-n2ccnc2)cc1. The van der Waals surface area contributed by atoms with Crippen molar-refractivity contribution in [2.75, 3.05) is 0 Å². The smallest absolute Gasteiger partial charge is 0.151 e. The minimum Gasteiger partial charge on any atom is -0.455 e. The maximum Gasteiger partial charge on any atom is 0.151 e. The molecule has 0 atom stereocenters. The standard InChI is InChI=1S/C15H12N2O/c1-2-6-13(7-3-1)18-15-9-5-4-8-14(15)17-11-10-16-12-17/h1-12H. The van der Waals surface area contributed by atoms with Crippen LogP contribution in [0.2, 0.25) is 0 Å². The molecule has 1 aromatic heterocycles. The third kappa shape index (κ3) is 2.11. The van der Waals surface area contributed by atoms with Gasteiger partial charge in [-0.05, 0) is 24.3 Å². The minimum absolute atomic E-state index is 0.807. The number of hydrogen-bond donors (Lipinski definition) is 0. The normalized spacial score (nSPS) is 10.2. The van der Waals surface area contributed by atoms with Crippen molar-refractivity contribution in [3.63, 3.8) is 0 Å². The van der Waals surface area contributed by atoms with E-state index in [-0.39, 0.29) is 0 Å². The monoisotopic (exact) mass is 236 g/mol. The largest absolute Gasteiger partial charge is 0.455 e. The van der Waals surface area contributed by atoms with Crippen LogP contribution >= 0.6 is 0 Å². The molecule has 88 valence electrons. The van der Waals surface area contributed by atoms with Gasteiger partial charge in [-0.3, -0.25) is 0 Å². The fourth-order valence-corrected chi connectivity index (χ4v) is 1.77. The quantitative estimate of drug-likeness (QED) is 0.693. The van der Waals surface area contributed by atoms with Crippen LogP contribution in [0.5, 0.6) is 11.5 Å². The summed E-state index contributed by atoms with van der Waals surface area (Å²) < 4.78 is 7.81. The van der Waals surface area contributed by atoms with Gasteiger partial charge in [-0.15, -0.1) is 0 Å². The van der Waals surface area contributed by atoms with Crippen molar-refractivity contribution in [3.8, 4) is 17.2 Å². The van der Waals surface area contributed by atoms with Crippen molar-refractivity contribution in [1.82, 2.24) is 9.55 Å². The first kappa shape index (κ1) is 10.6. The molecule has 3 nitrogen and oxygen atoms in total. The van der Waals surface area contributed by atoms with Gasteiger partial charge in [-0.2, -0.15) is 0 Å². The molecule has 0 amide bonds. The second-order valence-electron chi connectivity index (χ2n) is 3.85. The third-order valence-electron chi connectivity index (χ3n) is 2.62. The Kier molecular flexibility index (Phi) is 2.80. The van der Waals surface area contributed by atoms with Gasteiger partial charge in [0.05, 0.1) is 12.0 Å². The topological polar surface area (TPSA) is 27.1 Å². The van der Waals surface area contributed by atoms with E-state index in [1.807, 2.05) is 65.4 Å². The van der Waals surface area contributed by atoms with Crippen LogP contribution in [0.25, 0.3) is 5.69 Å². The van der Waals surface area contributed by atoms with Gasteiger partial charge in [-0.25, -0.2) is 4.98 Å². The predicted molar refractivity (Wildman–Crippen MR) is 70.1 cm³/mol. The van der Waals surface area contributed by atoms with Gasteiger partial charge in [0.15, 0.2) is 5.75 Å². The van der Waals surface area contributed by atoms with Gasteiger partial charge in [0, 0.05) is 12.4 Å². The van der Waals surface area contributed by atoms with Crippen molar-refractivity contribution in [2.24, 2.45) is 0 Å². The zero-order valence-electron chi connectivity index (χ0n) is 9.73. The van der Waals surface area contributed by atoms with Gasteiger partial charge in [-0.1, -0.05) is 30.3 Å². The summed E-state index contributed by atoms with van der Waals surface area (Å²) in [5.74, 6) is 1.63. The van der Waals surface area contributed by atoms with Crippen LogP contribution in [0.3, 0.4) is 0 Å². The molecule has 3 aromatic rings. The average Bonchev–Trinajstić information content (AvgIpc) is 2.94. The van der Waals surface area contributed by atoms with Crippen LogP contribution in [-0.4, -0.2) is 9.55 Å². The van der Waals surface area contributed by atoms with Crippen molar-refractivity contribution >= 4 is 0 Å².